The molecule has 1 heteroatoms. The predicted molar refractivity (Wildman–Crippen MR) is 56.3 cm³/mol. The van der Waals surface area contributed by atoms with E-state index in [0.29, 0.717) is 12.1 Å². The summed E-state index contributed by atoms with van der Waals surface area (Å²) in [7, 11) is 0. The van der Waals surface area contributed by atoms with Gasteiger partial charge in [-0.05, 0) is 26.2 Å². The number of rotatable bonds is 6. The molecule has 0 aliphatic heterocycles. The fraction of sp³-hybridized carbons (Fsp3) is 0.818. The highest BCUT2D eigenvalue weighted by molar-refractivity contribution is 4.78. The Kier molecular flexibility index (Phi) is 6.09. The quantitative estimate of drug-likeness (QED) is 0.603. The van der Waals surface area contributed by atoms with Crippen LogP contribution < -0.4 is 5.32 Å². The average molecular weight is 169 g/mol. The molecule has 0 saturated heterocycles. The summed E-state index contributed by atoms with van der Waals surface area (Å²) in [6, 6.07) is 1.18. The van der Waals surface area contributed by atoms with Gasteiger partial charge in [-0.1, -0.05) is 26.3 Å². The van der Waals surface area contributed by atoms with Crippen LogP contribution in [-0.4, -0.2) is 12.1 Å². The van der Waals surface area contributed by atoms with Crippen LogP contribution in [0.4, 0.5) is 0 Å². The second kappa shape index (κ2) is 6.24. The van der Waals surface area contributed by atoms with Crippen LogP contribution in [0.5, 0.6) is 0 Å². The molecule has 3 atom stereocenters. The van der Waals surface area contributed by atoms with Gasteiger partial charge in [0, 0.05) is 12.1 Å². The summed E-state index contributed by atoms with van der Waals surface area (Å²) in [4.78, 5) is 0. The van der Waals surface area contributed by atoms with Gasteiger partial charge < -0.3 is 5.32 Å². The Labute approximate surface area is 77.2 Å². The van der Waals surface area contributed by atoms with Crippen molar-refractivity contribution in [3.05, 3.63) is 12.7 Å². The highest BCUT2D eigenvalue weighted by Gasteiger charge is 2.11. The van der Waals surface area contributed by atoms with E-state index in [4.69, 9.17) is 0 Å². The Morgan fingerprint density at radius 2 is 1.92 bits per heavy atom. The van der Waals surface area contributed by atoms with Gasteiger partial charge in [0.25, 0.3) is 0 Å². The van der Waals surface area contributed by atoms with E-state index >= 15 is 0 Å². The maximum absolute atomic E-state index is 3.73. The summed E-state index contributed by atoms with van der Waals surface area (Å²) in [6.45, 7) is 12.7. The molecular weight excluding hydrogens is 146 g/mol. The number of nitrogens with one attached hydrogen (secondary N) is 1. The van der Waals surface area contributed by atoms with Crippen LogP contribution in [0.3, 0.4) is 0 Å². The average Bonchev–Trinajstić information content (AvgIpc) is 2.03. The molecule has 0 aromatic heterocycles. The van der Waals surface area contributed by atoms with Gasteiger partial charge in [0.1, 0.15) is 0 Å². The van der Waals surface area contributed by atoms with Crippen molar-refractivity contribution >= 4 is 0 Å². The zero-order valence-corrected chi connectivity index (χ0v) is 8.93. The summed E-state index contributed by atoms with van der Waals surface area (Å²) in [5.41, 5.74) is 0. The van der Waals surface area contributed by atoms with Crippen molar-refractivity contribution in [2.45, 2.75) is 52.6 Å². The monoisotopic (exact) mass is 169 g/mol. The summed E-state index contributed by atoms with van der Waals surface area (Å²) in [6.07, 6.45) is 4.27. The SMILES string of the molecule is C=CCC(C)NC(C)C(C)CC. The lowest BCUT2D eigenvalue weighted by atomic mass is 10.00. The molecule has 0 heterocycles. The molecule has 0 amide bonds. The molecule has 0 aliphatic rings. The zero-order valence-electron chi connectivity index (χ0n) is 8.93. The van der Waals surface area contributed by atoms with Crippen molar-refractivity contribution in [1.82, 2.24) is 5.32 Å². The molecule has 0 aromatic carbocycles. The predicted octanol–water partition coefficient (Wildman–Crippen LogP) is 2.98. The minimum absolute atomic E-state index is 0.562. The Bertz CT molecular complexity index is 120. The van der Waals surface area contributed by atoms with Gasteiger partial charge in [-0.2, -0.15) is 0 Å². The van der Waals surface area contributed by atoms with Crippen LogP contribution in [0, 0.1) is 5.92 Å². The van der Waals surface area contributed by atoms with Gasteiger partial charge in [0.2, 0.25) is 0 Å². The van der Waals surface area contributed by atoms with Crippen LogP contribution in [0.2, 0.25) is 0 Å². The minimum atomic E-state index is 0.562. The minimum Gasteiger partial charge on any atom is -0.311 e. The van der Waals surface area contributed by atoms with Gasteiger partial charge in [-0.15, -0.1) is 6.58 Å². The smallest absolute Gasteiger partial charge is 0.00757 e. The molecule has 12 heavy (non-hydrogen) atoms. The third-order valence-corrected chi connectivity index (χ3v) is 2.57. The molecule has 1 N–H and O–H groups in total. The van der Waals surface area contributed by atoms with Gasteiger partial charge in [0.15, 0.2) is 0 Å². The van der Waals surface area contributed by atoms with Crippen molar-refractivity contribution in [2.24, 2.45) is 5.92 Å². The van der Waals surface area contributed by atoms with Crippen molar-refractivity contribution < 1.29 is 0 Å². The molecule has 0 fully saturated rings. The second-order valence-electron chi connectivity index (χ2n) is 3.77. The Morgan fingerprint density at radius 1 is 1.33 bits per heavy atom. The van der Waals surface area contributed by atoms with E-state index in [0.717, 1.165) is 12.3 Å². The van der Waals surface area contributed by atoms with E-state index in [-0.39, 0.29) is 0 Å². The standard InChI is InChI=1S/C11H23N/c1-6-8-10(4)12-11(5)9(3)7-2/h6,9-12H,1,7-8H2,2-5H3. The lowest BCUT2D eigenvalue weighted by Crippen LogP contribution is -2.38. The van der Waals surface area contributed by atoms with Gasteiger partial charge in [-0.3, -0.25) is 0 Å². The molecule has 0 radical (unpaired) electrons. The topological polar surface area (TPSA) is 12.0 Å². The van der Waals surface area contributed by atoms with Crippen LogP contribution >= 0.6 is 0 Å². The molecule has 0 rings (SSSR count). The first-order valence-corrected chi connectivity index (χ1v) is 4.98. The molecule has 0 spiro atoms. The molecule has 0 aliphatic carbocycles. The van der Waals surface area contributed by atoms with E-state index in [9.17, 15) is 0 Å². The van der Waals surface area contributed by atoms with E-state index < -0.39 is 0 Å². The van der Waals surface area contributed by atoms with Crippen molar-refractivity contribution in [2.75, 3.05) is 0 Å². The first-order valence-electron chi connectivity index (χ1n) is 4.98. The van der Waals surface area contributed by atoms with Crippen LogP contribution in [0.25, 0.3) is 0 Å². The number of hydrogen-bond acceptors (Lipinski definition) is 1. The molecule has 0 saturated carbocycles. The maximum Gasteiger partial charge on any atom is 0.00757 e. The van der Waals surface area contributed by atoms with Gasteiger partial charge in [0.05, 0.1) is 0 Å². The third-order valence-electron chi connectivity index (χ3n) is 2.57. The molecule has 1 nitrogen and oxygen atoms in total. The first kappa shape index (κ1) is 11.7. The van der Waals surface area contributed by atoms with Gasteiger partial charge in [-0.25, -0.2) is 0 Å². The van der Waals surface area contributed by atoms with E-state index in [1.807, 2.05) is 6.08 Å². The molecule has 0 aromatic rings. The van der Waals surface area contributed by atoms with E-state index in [2.05, 4.69) is 39.6 Å². The third kappa shape index (κ3) is 4.55. The molecule has 3 unspecified atom stereocenters. The highest BCUT2D eigenvalue weighted by Crippen LogP contribution is 2.08. The first-order chi connectivity index (χ1) is 5.61. The van der Waals surface area contributed by atoms with Crippen LogP contribution in [0.1, 0.15) is 40.5 Å². The lowest BCUT2D eigenvalue weighted by molar-refractivity contribution is 0.357. The van der Waals surface area contributed by atoms with Gasteiger partial charge >= 0.3 is 0 Å². The van der Waals surface area contributed by atoms with Crippen LogP contribution in [-0.2, 0) is 0 Å². The lowest BCUT2D eigenvalue weighted by Gasteiger charge is -2.23. The Hall–Kier alpha value is -0.300. The second-order valence-corrected chi connectivity index (χ2v) is 3.77. The van der Waals surface area contributed by atoms with Crippen molar-refractivity contribution in [1.29, 1.82) is 0 Å². The Morgan fingerprint density at radius 3 is 2.33 bits per heavy atom. The fourth-order valence-electron chi connectivity index (χ4n) is 1.28. The molecule has 0 bridgehead atoms. The summed E-state index contributed by atoms with van der Waals surface area (Å²) >= 11 is 0. The Balaban J connectivity index is 3.66. The largest absolute Gasteiger partial charge is 0.311 e. The summed E-state index contributed by atoms with van der Waals surface area (Å²) in [5, 5.41) is 3.56. The normalized spacial score (nSPS) is 18.3. The summed E-state index contributed by atoms with van der Waals surface area (Å²) in [5.74, 6) is 0.761. The highest BCUT2D eigenvalue weighted by atomic mass is 14.9. The van der Waals surface area contributed by atoms with Crippen LogP contribution in [0.15, 0.2) is 12.7 Å². The van der Waals surface area contributed by atoms with Crippen molar-refractivity contribution in [3.63, 3.8) is 0 Å². The molecule has 72 valence electrons. The van der Waals surface area contributed by atoms with E-state index in [1.54, 1.807) is 0 Å². The van der Waals surface area contributed by atoms with E-state index in [1.165, 1.54) is 6.42 Å². The summed E-state index contributed by atoms with van der Waals surface area (Å²) < 4.78 is 0. The maximum atomic E-state index is 3.73. The zero-order chi connectivity index (χ0) is 9.56. The fourth-order valence-corrected chi connectivity index (χ4v) is 1.28. The number of hydrogen-bond donors (Lipinski definition) is 1. The van der Waals surface area contributed by atoms with Crippen molar-refractivity contribution in [3.8, 4) is 0 Å². The molecular formula is C11H23N.